The Morgan fingerprint density at radius 2 is 1.22 bits per heavy atom. The van der Waals surface area contributed by atoms with Gasteiger partial charge >= 0.3 is 0 Å². The molecule has 3 heteroatoms. The van der Waals surface area contributed by atoms with E-state index in [2.05, 4.69) is 200 Å². The van der Waals surface area contributed by atoms with Gasteiger partial charge in [-0.25, -0.2) is 0 Å². The zero-order valence-corrected chi connectivity index (χ0v) is 40.0. The van der Waals surface area contributed by atoms with Crippen LogP contribution >= 0.6 is 11.3 Å². The standard InChI is InChI=1S/C57H66BNS/c1-34-26-38-30-37(29-36-16-17-40(28-35(36)2)54(6,7)8)43-32-45-46(57(14,15)25-24-56(45,12)13)33-47(43)58-50(38)48(27-34)59(42-21-18-39(19-22-42)53(3,4)5)52-51(58)44-31-41(55(9,10)11)20-23-49(44)60-52/h16-23,26-28,30-33H,24-25,29H2,1-15H3. The first-order valence-corrected chi connectivity index (χ1v) is 23.4. The molecule has 0 fully saturated rings. The first kappa shape index (κ1) is 41.0. The summed E-state index contributed by atoms with van der Waals surface area (Å²) in [7, 11) is 0. The highest BCUT2D eigenvalue weighted by Crippen LogP contribution is 2.49. The lowest BCUT2D eigenvalue weighted by Gasteiger charge is -2.43. The number of anilines is 3. The Morgan fingerprint density at radius 1 is 0.633 bits per heavy atom. The maximum Gasteiger partial charge on any atom is 0.250 e. The number of nitrogens with zero attached hydrogens (tertiary/aromatic N) is 1. The van der Waals surface area contributed by atoms with Crippen LogP contribution in [0.25, 0.3) is 21.7 Å². The lowest BCUT2D eigenvalue weighted by molar-refractivity contribution is 0.332. The van der Waals surface area contributed by atoms with Gasteiger partial charge in [0.15, 0.2) is 0 Å². The summed E-state index contributed by atoms with van der Waals surface area (Å²) in [6.07, 6.45) is 5.89. The molecule has 6 aromatic rings. The van der Waals surface area contributed by atoms with Crippen LogP contribution in [-0.4, -0.2) is 6.71 Å². The molecular weight excluding hydrogens is 742 g/mol. The molecule has 0 bridgehead atoms. The number of rotatable bonds is 3. The molecule has 0 N–H and O–H groups in total. The summed E-state index contributed by atoms with van der Waals surface area (Å²) in [6.45, 7) is 35.7. The van der Waals surface area contributed by atoms with Gasteiger partial charge in [-0.2, -0.15) is 0 Å². The van der Waals surface area contributed by atoms with Crippen LogP contribution in [0, 0.1) is 13.8 Å². The van der Waals surface area contributed by atoms with Gasteiger partial charge in [0.25, 0.3) is 0 Å². The Bertz CT molecular complexity index is 2750. The van der Waals surface area contributed by atoms with Crippen molar-refractivity contribution in [2.75, 3.05) is 4.90 Å². The lowest BCUT2D eigenvalue weighted by Crippen LogP contribution is -2.58. The number of thiophene rings is 1. The van der Waals surface area contributed by atoms with Crippen molar-refractivity contribution in [2.24, 2.45) is 0 Å². The SMILES string of the molecule is Cc1cc2c3c(c1)N(c1ccc(C(C)(C)C)cc1)c1sc4ccc(C(C)(C)C)cc4c1B3c1cc3c(cc1C(Cc1ccc(C(C)(C)C)cc1C)=C2)C(C)(C)CCC3(C)C. The molecule has 0 saturated heterocycles. The van der Waals surface area contributed by atoms with Crippen LogP contribution < -0.4 is 21.3 Å². The number of fused-ring (bicyclic) bond motifs is 7. The summed E-state index contributed by atoms with van der Waals surface area (Å²) in [6, 6.07) is 34.4. The topological polar surface area (TPSA) is 3.24 Å². The minimum absolute atomic E-state index is 0.0332. The van der Waals surface area contributed by atoms with Crippen LogP contribution in [0.3, 0.4) is 0 Å². The largest absolute Gasteiger partial charge is 0.303 e. The molecule has 1 nitrogen and oxygen atoms in total. The highest BCUT2D eigenvalue weighted by molar-refractivity contribution is 7.26. The number of hydrogen-bond acceptors (Lipinski definition) is 2. The fourth-order valence-corrected chi connectivity index (χ4v) is 11.8. The minimum atomic E-state index is 0.0332. The Hall–Kier alpha value is -4.34. The van der Waals surface area contributed by atoms with Gasteiger partial charge in [0, 0.05) is 16.1 Å². The van der Waals surface area contributed by atoms with Crippen LogP contribution in [0.15, 0.2) is 84.9 Å². The molecule has 3 aliphatic rings. The summed E-state index contributed by atoms with van der Waals surface area (Å²) >= 11 is 1.98. The second-order valence-electron chi connectivity index (χ2n) is 23.1. The van der Waals surface area contributed by atoms with E-state index >= 15 is 0 Å². The second kappa shape index (κ2) is 13.6. The Labute approximate surface area is 366 Å². The molecule has 5 aromatic carbocycles. The van der Waals surface area contributed by atoms with Crippen molar-refractivity contribution >= 4 is 72.5 Å². The van der Waals surface area contributed by atoms with Gasteiger partial charge in [0.1, 0.15) is 0 Å². The summed E-state index contributed by atoms with van der Waals surface area (Å²) in [5, 5.41) is 2.76. The van der Waals surface area contributed by atoms with E-state index in [1.807, 2.05) is 11.3 Å². The van der Waals surface area contributed by atoms with Crippen LogP contribution in [-0.2, 0) is 33.5 Å². The van der Waals surface area contributed by atoms with Crippen LogP contribution in [0.2, 0.25) is 0 Å². The average Bonchev–Trinajstić information content (AvgIpc) is 3.47. The first-order chi connectivity index (χ1) is 27.9. The quantitative estimate of drug-likeness (QED) is 0.161. The molecule has 1 aliphatic carbocycles. The molecule has 0 unspecified atom stereocenters. The van der Waals surface area contributed by atoms with Crippen LogP contribution in [0.5, 0.6) is 0 Å². The molecule has 2 aliphatic heterocycles. The van der Waals surface area contributed by atoms with Crippen molar-refractivity contribution in [1.29, 1.82) is 0 Å². The third-order valence-electron chi connectivity index (χ3n) is 14.5. The molecule has 0 saturated carbocycles. The van der Waals surface area contributed by atoms with E-state index in [4.69, 9.17) is 0 Å². The van der Waals surface area contributed by atoms with Crippen molar-refractivity contribution < 1.29 is 0 Å². The number of benzene rings is 5. The molecule has 60 heavy (non-hydrogen) atoms. The third-order valence-corrected chi connectivity index (χ3v) is 15.7. The third kappa shape index (κ3) is 6.73. The molecule has 0 atom stereocenters. The highest BCUT2D eigenvalue weighted by atomic mass is 32.1. The van der Waals surface area contributed by atoms with E-state index in [0.717, 1.165) is 6.42 Å². The van der Waals surface area contributed by atoms with E-state index in [0.29, 0.717) is 0 Å². The van der Waals surface area contributed by atoms with E-state index in [1.165, 1.54) is 117 Å². The van der Waals surface area contributed by atoms with Crippen molar-refractivity contribution in [3.63, 3.8) is 0 Å². The van der Waals surface area contributed by atoms with Crippen molar-refractivity contribution in [2.45, 2.75) is 150 Å². The second-order valence-corrected chi connectivity index (χ2v) is 24.2. The Morgan fingerprint density at radius 3 is 1.83 bits per heavy atom. The average molecular weight is 808 g/mol. The lowest BCUT2D eigenvalue weighted by atomic mass is 9.34. The maximum absolute atomic E-state index is 2.72. The van der Waals surface area contributed by atoms with Crippen LogP contribution in [0.1, 0.15) is 158 Å². The first-order valence-electron chi connectivity index (χ1n) is 22.5. The zero-order chi connectivity index (χ0) is 43.1. The fourth-order valence-electron chi connectivity index (χ4n) is 10.5. The molecule has 308 valence electrons. The molecule has 0 amide bonds. The van der Waals surface area contributed by atoms with E-state index in [1.54, 1.807) is 0 Å². The number of allylic oxidation sites excluding steroid dienone is 1. The van der Waals surface area contributed by atoms with Gasteiger partial charge in [0.05, 0.1) is 5.00 Å². The molecule has 9 rings (SSSR count). The van der Waals surface area contributed by atoms with Gasteiger partial charge in [0.2, 0.25) is 6.71 Å². The Kier molecular flexibility index (Phi) is 9.29. The molecule has 3 heterocycles. The summed E-state index contributed by atoms with van der Waals surface area (Å²) < 4.78 is 1.36. The van der Waals surface area contributed by atoms with Gasteiger partial charge in [-0.1, -0.05) is 162 Å². The maximum atomic E-state index is 2.72. The monoisotopic (exact) mass is 808 g/mol. The smallest absolute Gasteiger partial charge is 0.250 e. The molecule has 1 aromatic heterocycles. The predicted octanol–water partition coefficient (Wildman–Crippen LogP) is 14.2. The molecule has 0 spiro atoms. The number of aryl methyl sites for hydroxylation is 2. The number of hydrogen-bond donors (Lipinski definition) is 0. The molecule has 0 radical (unpaired) electrons. The van der Waals surface area contributed by atoms with Crippen molar-refractivity contribution in [1.82, 2.24) is 0 Å². The zero-order valence-electron chi connectivity index (χ0n) is 39.2. The Balaban J connectivity index is 1.39. The normalized spacial score (nSPS) is 16.8. The van der Waals surface area contributed by atoms with Crippen molar-refractivity contribution in [3.05, 3.63) is 141 Å². The molecular formula is C57H66BNS. The van der Waals surface area contributed by atoms with E-state index < -0.39 is 0 Å². The minimum Gasteiger partial charge on any atom is -0.303 e. The van der Waals surface area contributed by atoms with E-state index in [-0.39, 0.29) is 33.8 Å². The van der Waals surface area contributed by atoms with Gasteiger partial charge in [-0.05, 0) is 162 Å². The van der Waals surface area contributed by atoms with Gasteiger partial charge < -0.3 is 4.90 Å². The van der Waals surface area contributed by atoms with Crippen LogP contribution in [0.4, 0.5) is 16.4 Å². The highest BCUT2D eigenvalue weighted by Gasteiger charge is 2.45. The summed E-state index contributed by atoms with van der Waals surface area (Å²) in [5.41, 5.74) is 22.9. The van der Waals surface area contributed by atoms with E-state index in [9.17, 15) is 0 Å². The summed E-state index contributed by atoms with van der Waals surface area (Å²) in [5.74, 6) is 0. The fraction of sp³-hybridized carbons (Fsp3) is 0.404. The summed E-state index contributed by atoms with van der Waals surface area (Å²) in [4.78, 5) is 2.63. The van der Waals surface area contributed by atoms with Gasteiger partial charge in [-0.15, -0.1) is 11.3 Å². The van der Waals surface area contributed by atoms with Gasteiger partial charge in [-0.3, -0.25) is 0 Å². The van der Waals surface area contributed by atoms with Crippen molar-refractivity contribution in [3.8, 4) is 0 Å². The predicted molar refractivity (Wildman–Crippen MR) is 266 cm³/mol.